The van der Waals surface area contributed by atoms with Gasteiger partial charge in [-0.1, -0.05) is 6.07 Å². The second kappa shape index (κ2) is 6.22. The molecule has 1 saturated heterocycles. The maximum absolute atomic E-state index is 13.5. The molecule has 2 aromatic heterocycles. The van der Waals surface area contributed by atoms with E-state index in [1.807, 2.05) is 0 Å². The first-order valence-corrected chi connectivity index (χ1v) is 8.64. The van der Waals surface area contributed by atoms with Gasteiger partial charge in [0, 0.05) is 18.8 Å². The summed E-state index contributed by atoms with van der Waals surface area (Å²) in [7, 11) is 1.53. The third-order valence-electron chi connectivity index (χ3n) is 4.96. The van der Waals surface area contributed by atoms with Crippen LogP contribution in [-0.2, 0) is 18.4 Å². The quantitative estimate of drug-likeness (QED) is 0.690. The first kappa shape index (κ1) is 18.3. The van der Waals surface area contributed by atoms with Crippen LogP contribution in [0.2, 0.25) is 0 Å². The van der Waals surface area contributed by atoms with Crippen molar-refractivity contribution in [3.8, 4) is 11.1 Å². The minimum atomic E-state index is -2.87. The van der Waals surface area contributed by atoms with E-state index in [1.165, 1.54) is 22.2 Å². The Balaban J connectivity index is 1.74. The van der Waals surface area contributed by atoms with E-state index < -0.39 is 30.6 Å². The molecule has 4 rings (SSSR count). The number of alkyl halides is 2. The number of hydrogen-bond donors (Lipinski definition) is 0. The van der Waals surface area contributed by atoms with Gasteiger partial charge in [0.2, 0.25) is 5.91 Å². The Bertz CT molecular complexity index is 1160. The smallest absolute Gasteiger partial charge is 0.329 e. The van der Waals surface area contributed by atoms with Crippen LogP contribution in [0.3, 0.4) is 0 Å². The average Bonchev–Trinajstić information content (AvgIpc) is 2.86. The summed E-state index contributed by atoms with van der Waals surface area (Å²) in [6.45, 7) is 0.0258. The van der Waals surface area contributed by atoms with Gasteiger partial charge in [-0.15, -0.1) is 0 Å². The van der Waals surface area contributed by atoms with Crippen molar-refractivity contribution in [2.75, 3.05) is 13.1 Å². The van der Waals surface area contributed by atoms with Gasteiger partial charge in [-0.2, -0.15) is 0 Å². The van der Waals surface area contributed by atoms with Gasteiger partial charge in [0.15, 0.2) is 5.65 Å². The first-order chi connectivity index (χ1) is 13.2. The SMILES string of the molecule is Cc1cc(-c2cnc3c(c2)n(CC(=O)N2CC(F)(F)C2)c(=O)n3C)ccc1F. The predicted molar refractivity (Wildman–Crippen MR) is 96.6 cm³/mol. The number of nitrogens with zero attached hydrogens (tertiary/aromatic N) is 4. The Labute approximate surface area is 157 Å². The number of carbonyl (C=O) groups excluding carboxylic acids is 1. The molecule has 9 heteroatoms. The van der Waals surface area contributed by atoms with Crippen molar-refractivity contribution in [2.45, 2.75) is 19.4 Å². The Morgan fingerprint density at radius 1 is 1.21 bits per heavy atom. The molecule has 0 N–H and O–H groups in total. The van der Waals surface area contributed by atoms with Crippen LogP contribution < -0.4 is 5.69 Å². The fourth-order valence-electron chi connectivity index (χ4n) is 3.34. The van der Waals surface area contributed by atoms with Gasteiger partial charge in [0.25, 0.3) is 5.92 Å². The molecular weight excluding hydrogens is 373 g/mol. The second-order valence-electron chi connectivity index (χ2n) is 7.06. The van der Waals surface area contributed by atoms with Crippen molar-refractivity contribution in [3.63, 3.8) is 0 Å². The molecule has 1 aliphatic heterocycles. The van der Waals surface area contributed by atoms with Crippen molar-refractivity contribution in [1.29, 1.82) is 0 Å². The number of aromatic nitrogens is 3. The van der Waals surface area contributed by atoms with Crippen LogP contribution in [0.5, 0.6) is 0 Å². The number of benzene rings is 1. The predicted octanol–water partition coefficient (Wildman–Crippen LogP) is 2.33. The molecule has 6 nitrogen and oxygen atoms in total. The summed E-state index contributed by atoms with van der Waals surface area (Å²) in [5, 5.41) is 0. The fraction of sp³-hybridized carbons (Fsp3) is 0.316. The van der Waals surface area contributed by atoms with Crippen LogP contribution in [0, 0.1) is 12.7 Å². The topological polar surface area (TPSA) is 60.1 Å². The second-order valence-corrected chi connectivity index (χ2v) is 7.06. The highest BCUT2D eigenvalue weighted by Crippen LogP contribution is 2.27. The van der Waals surface area contributed by atoms with Crippen molar-refractivity contribution in [1.82, 2.24) is 19.0 Å². The number of hydrogen-bond acceptors (Lipinski definition) is 3. The highest BCUT2D eigenvalue weighted by atomic mass is 19.3. The Hall–Kier alpha value is -3.10. The van der Waals surface area contributed by atoms with Gasteiger partial charge in [-0.05, 0) is 36.2 Å². The molecule has 1 aromatic carbocycles. The maximum atomic E-state index is 13.5. The molecule has 3 aromatic rings. The minimum Gasteiger partial charge on any atom is -0.329 e. The number of carbonyl (C=O) groups is 1. The molecule has 0 radical (unpaired) electrons. The van der Waals surface area contributed by atoms with Crippen molar-refractivity contribution in [3.05, 3.63) is 52.3 Å². The summed E-state index contributed by atoms with van der Waals surface area (Å²) < 4.78 is 42.1. The van der Waals surface area contributed by atoms with E-state index in [0.29, 0.717) is 27.9 Å². The third-order valence-corrected chi connectivity index (χ3v) is 4.96. The highest BCUT2D eigenvalue weighted by Gasteiger charge is 2.46. The number of rotatable bonds is 3. The van der Waals surface area contributed by atoms with Gasteiger partial charge in [-0.3, -0.25) is 13.9 Å². The highest BCUT2D eigenvalue weighted by molar-refractivity contribution is 5.82. The summed E-state index contributed by atoms with van der Waals surface area (Å²) in [6.07, 6.45) is 1.57. The number of pyridine rings is 1. The lowest BCUT2D eigenvalue weighted by Gasteiger charge is -2.38. The largest absolute Gasteiger partial charge is 0.330 e. The normalized spacial score (nSPS) is 15.7. The van der Waals surface area contributed by atoms with Crippen LogP contribution in [-0.4, -0.2) is 43.9 Å². The molecule has 1 aliphatic rings. The number of likely N-dealkylation sites (tertiary alicyclic amines) is 1. The summed E-state index contributed by atoms with van der Waals surface area (Å²) >= 11 is 0. The van der Waals surface area contributed by atoms with E-state index in [4.69, 9.17) is 0 Å². The molecule has 0 bridgehead atoms. The zero-order chi connectivity index (χ0) is 20.2. The minimum absolute atomic E-state index is 0.327. The molecule has 0 atom stereocenters. The lowest BCUT2D eigenvalue weighted by atomic mass is 10.0. The molecule has 0 aliphatic carbocycles. The van der Waals surface area contributed by atoms with Crippen LogP contribution in [0.15, 0.2) is 35.3 Å². The molecule has 0 unspecified atom stereocenters. The van der Waals surface area contributed by atoms with Crippen molar-refractivity contribution < 1.29 is 18.0 Å². The monoisotopic (exact) mass is 390 g/mol. The number of fused-ring (bicyclic) bond motifs is 1. The number of amides is 1. The molecule has 146 valence electrons. The van der Waals surface area contributed by atoms with E-state index in [1.54, 1.807) is 31.3 Å². The summed E-state index contributed by atoms with van der Waals surface area (Å²) in [5.74, 6) is -3.75. The van der Waals surface area contributed by atoms with E-state index in [0.717, 1.165) is 4.90 Å². The first-order valence-electron chi connectivity index (χ1n) is 8.64. The maximum Gasteiger partial charge on any atom is 0.330 e. The summed E-state index contributed by atoms with van der Waals surface area (Å²) in [4.78, 5) is 30.2. The zero-order valence-corrected chi connectivity index (χ0v) is 15.2. The Kier molecular flexibility index (Phi) is 4.06. The van der Waals surface area contributed by atoms with E-state index in [2.05, 4.69) is 4.98 Å². The van der Waals surface area contributed by atoms with Gasteiger partial charge < -0.3 is 4.90 Å². The van der Waals surface area contributed by atoms with Gasteiger partial charge in [-0.25, -0.2) is 22.9 Å². The average molecular weight is 390 g/mol. The lowest BCUT2D eigenvalue weighted by molar-refractivity contribution is -0.166. The molecule has 0 saturated carbocycles. The van der Waals surface area contributed by atoms with Gasteiger partial charge in [0.05, 0.1) is 18.6 Å². The third kappa shape index (κ3) is 2.96. The molecule has 1 fully saturated rings. The van der Waals surface area contributed by atoms with E-state index in [-0.39, 0.29) is 12.4 Å². The van der Waals surface area contributed by atoms with Crippen LogP contribution >= 0.6 is 0 Å². The molecule has 28 heavy (non-hydrogen) atoms. The van der Waals surface area contributed by atoms with E-state index >= 15 is 0 Å². The summed E-state index contributed by atoms with van der Waals surface area (Å²) in [6, 6.07) is 6.30. The van der Waals surface area contributed by atoms with Gasteiger partial charge in [0.1, 0.15) is 12.4 Å². The van der Waals surface area contributed by atoms with Crippen molar-refractivity contribution in [2.24, 2.45) is 7.05 Å². The number of aryl methyl sites for hydroxylation is 2. The molecule has 0 spiro atoms. The lowest BCUT2D eigenvalue weighted by Crippen LogP contribution is -2.59. The van der Waals surface area contributed by atoms with Crippen LogP contribution in [0.4, 0.5) is 13.2 Å². The Morgan fingerprint density at radius 2 is 1.93 bits per heavy atom. The van der Waals surface area contributed by atoms with Crippen LogP contribution in [0.1, 0.15) is 5.56 Å². The summed E-state index contributed by atoms with van der Waals surface area (Å²) in [5.41, 5.74) is 2.15. The van der Waals surface area contributed by atoms with Crippen LogP contribution in [0.25, 0.3) is 22.3 Å². The standard InChI is InChI=1S/C19H17F3N4O2/c1-11-5-12(3-4-14(11)20)13-6-15-17(23-7-13)24(2)18(28)26(15)8-16(27)25-9-19(21,22)10-25/h3-7H,8-10H2,1-2H3. The molecule has 1 amide bonds. The zero-order valence-electron chi connectivity index (χ0n) is 15.2. The van der Waals surface area contributed by atoms with Gasteiger partial charge >= 0.3 is 5.69 Å². The fourth-order valence-corrected chi connectivity index (χ4v) is 3.34. The number of halogens is 3. The van der Waals surface area contributed by atoms with E-state index in [9.17, 15) is 22.8 Å². The molecular formula is C19H17F3N4O2. The number of imidazole rings is 1. The molecule has 3 heterocycles. The van der Waals surface area contributed by atoms with Crippen molar-refractivity contribution >= 4 is 17.1 Å². The Morgan fingerprint density at radius 3 is 2.57 bits per heavy atom.